The molecule has 0 saturated carbocycles. The normalized spacial score (nSPS) is 11.3. The van der Waals surface area contributed by atoms with E-state index >= 15 is 0 Å². The summed E-state index contributed by atoms with van der Waals surface area (Å²) in [6.07, 6.45) is -0.591. The highest BCUT2D eigenvalue weighted by atomic mass is 32.2. The number of nitrogens with zero attached hydrogens (tertiary/aromatic N) is 2. The summed E-state index contributed by atoms with van der Waals surface area (Å²) in [7, 11) is 1.29. The number of ether oxygens (including phenoxy) is 1. The van der Waals surface area contributed by atoms with Gasteiger partial charge in [-0.2, -0.15) is 0 Å². The minimum absolute atomic E-state index is 0.193. The van der Waals surface area contributed by atoms with Crippen molar-refractivity contribution in [1.82, 2.24) is 15.1 Å². The number of aromatic amines is 1. The molecule has 0 spiro atoms. The first-order valence-electron chi connectivity index (χ1n) is 10.4. The molecule has 0 unspecified atom stereocenters. The number of nitrogens with one attached hydrogen (secondary N) is 4. The molecule has 0 aliphatic carbocycles. The lowest BCUT2D eigenvalue weighted by Gasteiger charge is -2.12. The van der Waals surface area contributed by atoms with E-state index in [1.165, 1.54) is 7.11 Å². The Hall–Kier alpha value is -3.99. The van der Waals surface area contributed by atoms with E-state index in [1.54, 1.807) is 17.8 Å². The molecule has 34 heavy (non-hydrogen) atoms. The molecular weight excluding hydrogens is 456 g/mol. The van der Waals surface area contributed by atoms with Gasteiger partial charge in [-0.05, 0) is 42.5 Å². The molecule has 2 aromatic carbocycles. The van der Waals surface area contributed by atoms with E-state index < -0.39 is 12.1 Å². The number of amides is 3. The van der Waals surface area contributed by atoms with Gasteiger partial charge in [-0.1, -0.05) is 37.7 Å². The Morgan fingerprint density at radius 2 is 1.74 bits per heavy atom. The second kappa shape index (κ2) is 9.48. The van der Waals surface area contributed by atoms with Gasteiger partial charge in [-0.15, -0.1) is 0 Å². The number of hydrogen-bond donors (Lipinski definition) is 4. The van der Waals surface area contributed by atoms with Crippen LogP contribution in [0.3, 0.4) is 0 Å². The largest absolute Gasteiger partial charge is 0.453 e. The summed E-state index contributed by atoms with van der Waals surface area (Å²) in [5.74, 6) is 1.36. The molecule has 4 N–H and O–H groups in total. The van der Waals surface area contributed by atoms with E-state index in [2.05, 4.69) is 35.8 Å². The van der Waals surface area contributed by atoms with Gasteiger partial charge in [0.05, 0.1) is 18.1 Å². The lowest BCUT2D eigenvalue weighted by molar-refractivity contribution is 0.186. The molecule has 0 atom stereocenters. The molecular formula is C23H24N6O4S. The van der Waals surface area contributed by atoms with Crippen LogP contribution in [0.25, 0.3) is 11.0 Å². The van der Waals surface area contributed by atoms with Gasteiger partial charge < -0.3 is 19.6 Å². The van der Waals surface area contributed by atoms with Gasteiger partial charge in [-0.3, -0.25) is 10.6 Å². The van der Waals surface area contributed by atoms with Crippen molar-refractivity contribution in [2.45, 2.75) is 36.0 Å². The fourth-order valence-corrected chi connectivity index (χ4v) is 3.82. The van der Waals surface area contributed by atoms with Crippen molar-refractivity contribution in [2.24, 2.45) is 0 Å². The van der Waals surface area contributed by atoms with Gasteiger partial charge in [0.1, 0.15) is 5.76 Å². The molecule has 2 aromatic heterocycles. The van der Waals surface area contributed by atoms with Crippen LogP contribution in [0.15, 0.2) is 62.8 Å². The summed E-state index contributed by atoms with van der Waals surface area (Å²) in [6, 6.07) is 14.5. The number of benzene rings is 2. The maximum atomic E-state index is 12.3. The van der Waals surface area contributed by atoms with Crippen molar-refractivity contribution in [2.75, 3.05) is 23.1 Å². The molecule has 11 heteroatoms. The molecule has 176 valence electrons. The molecule has 2 heterocycles. The SMILES string of the molecule is COC(=O)Nc1nc2ccc(Sc3ccc(NC(=O)Nc4cc(C(C)(C)C)on4)cc3)cc2[nH]1. The van der Waals surface area contributed by atoms with Gasteiger partial charge in [0, 0.05) is 27.0 Å². The van der Waals surface area contributed by atoms with Crippen LogP contribution in [0, 0.1) is 0 Å². The Balaban J connectivity index is 1.36. The Labute approximate surface area is 199 Å². The maximum absolute atomic E-state index is 12.3. The van der Waals surface area contributed by atoms with Gasteiger partial charge in [0.2, 0.25) is 5.95 Å². The highest BCUT2D eigenvalue weighted by Gasteiger charge is 2.20. The smallest absolute Gasteiger partial charge is 0.413 e. The minimum atomic E-state index is -0.591. The van der Waals surface area contributed by atoms with E-state index in [1.807, 2.05) is 63.2 Å². The first-order chi connectivity index (χ1) is 16.2. The van der Waals surface area contributed by atoms with Crippen LogP contribution in [0.5, 0.6) is 0 Å². The lowest BCUT2D eigenvalue weighted by Crippen LogP contribution is -2.19. The molecule has 0 aliphatic heterocycles. The summed E-state index contributed by atoms with van der Waals surface area (Å²) >= 11 is 1.55. The molecule has 0 bridgehead atoms. The molecule has 10 nitrogen and oxygen atoms in total. The quantitative estimate of drug-likeness (QED) is 0.283. The fraction of sp³-hybridized carbons (Fsp3) is 0.217. The summed E-state index contributed by atoms with van der Waals surface area (Å²) in [6.45, 7) is 6.01. The third-order valence-electron chi connectivity index (χ3n) is 4.70. The third kappa shape index (κ3) is 5.67. The standard InChI is InChI=1S/C23H24N6O4S/c1-23(2,3)18-12-19(29-33-18)27-21(30)24-13-5-7-14(8-6-13)34-15-9-10-16-17(11-15)26-20(25-16)28-22(31)32-4/h5-12H,1-4H3,(H2,24,27,29,30)(H2,25,26,28,31). The molecule has 0 radical (unpaired) electrons. The molecule has 0 aliphatic rings. The highest BCUT2D eigenvalue weighted by molar-refractivity contribution is 7.99. The topological polar surface area (TPSA) is 134 Å². The van der Waals surface area contributed by atoms with Crippen LogP contribution < -0.4 is 16.0 Å². The summed E-state index contributed by atoms with van der Waals surface area (Å²) < 4.78 is 9.85. The fourth-order valence-electron chi connectivity index (χ4n) is 2.97. The van der Waals surface area contributed by atoms with Crippen LogP contribution in [-0.2, 0) is 10.2 Å². The van der Waals surface area contributed by atoms with Crippen molar-refractivity contribution < 1.29 is 18.8 Å². The number of urea groups is 1. The molecule has 3 amide bonds. The molecule has 0 fully saturated rings. The number of methoxy groups -OCH3 is 1. The third-order valence-corrected chi connectivity index (χ3v) is 5.70. The Kier molecular flexibility index (Phi) is 6.46. The first kappa shape index (κ1) is 23.2. The monoisotopic (exact) mass is 480 g/mol. The van der Waals surface area contributed by atoms with E-state index in [4.69, 9.17) is 4.52 Å². The second-order valence-electron chi connectivity index (χ2n) is 8.41. The van der Waals surface area contributed by atoms with Crippen molar-refractivity contribution in [3.8, 4) is 0 Å². The maximum Gasteiger partial charge on any atom is 0.413 e. The zero-order chi connectivity index (χ0) is 24.3. The molecule has 0 saturated heterocycles. The predicted molar refractivity (Wildman–Crippen MR) is 131 cm³/mol. The number of H-pyrrole nitrogens is 1. The van der Waals surface area contributed by atoms with Crippen molar-refractivity contribution in [1.29, 1.82) is 0 Å². The Morgan fingerprint density at radius 3 is 2.41 bits per heavy atom. The van der Waals surface area contributed by atoms with Crippen LogP contribution in [0.1, 0.15) is 26.5 Å². The van der Waals surface area contributed by atoms with Crippen LogP contribution in [0.4, 0.5) is 27.0 Å². The van der Waals surface area contributed by atoms with Gasteiger partial charge in [-0.25, -0.2) is 14.6 Å². The van der Waals surface area contributed by atoms with Crippen LogP contribution >= 0.6 is 11.8 Å². The van der Waals surface area contributed by atoms with E-state index in [-0.39, 0.29) is 5.41 Å². The lowest BCUT2D eigenvalue weighted by atomic mass is 9.93. The summed E-state index contributed by atoms with van der Waals surface area (Å²) in [5, 5.41) is 11.8. The number of rotatable bonds is 5. The summed E-state index contributed by atoms with van der Waals surface area (Å²) in [4.78, 5) is 32.9. The molecule has 4 aromatic rings. The van der Waals surface area contributed by atoms with E-state index in [0.29, 0.717) is 23.2 Å². The van der Waals surface area contributed by atoms with E-state index in [0.717, 1.165) is 20.8 Å². The Morgan fingerprint density at radius 1 is 1.00 bits per heavy atom. The van der Waals surface area contributed by atoms with Gasteiger partial charge >= 0.3 is 12.1 Å². The van der Waals surface area contributed by atoms with E-state index in [9.17, 15) is 9.59 Å². The average Bonchev–Trinajstić information content (AvgIpc) is 3.41. The van der Waals surface area contributed by atoms with Gasteiger partial charge in [0.25, 0.3) is 0 Å². The Bertz CT molecular complexity index is 1320. The number of carbonyl (C=O) groups excluding carboxylic acids is 2. The average molecular weight is 481 g/mol. The second-order valence-corrected chi connectivity index (χ2v) is 9.56. The predicted octanol–water partition coefficient (Wildman–Crippen LogP) is 5.82. The summed E-state index contributed by atoms with van der Waals surface area (Å²) in [5.41, 5.74) is 1.96. The highest BCUT2D eigenvalue weighted by Crippen LogP contribution is 2.31. The zero-order valence-electron chi connectivity index (χ0n) is 19.1. The van der Waals surface area contributed by atoms with Gasteiger partial charge in [0.15, 0.2) is 5.82 Å². The molecule has 4 rings (SSSR count). The van der Waals surface area contributed by atoms with Crippen molar-refractivity contribution in [3.05, 3.63) is 54.3 Å². The number of anilines is 3. The number of carbonyl (C=O) groups is 2. The van der Waals surface area contributed by atoms with Crippen molar-refractivity contribution >= 4 is 52.4 Å². The number of hydrogen-bond acceptors (Lipinski definition) is 7. The number of imidazole rings is 1. The van der Waals surface area contributed by atoms with Crippen molar-refractivity contribution in [3.63, 3.8) is 0 Å². The number of aromatic nitrogens is 3. The first-order valence-corrected chi connectivity index (χ1v) is 11.2. The van der Waals surface area contributed by atoms with Crippen LogP contribution in [0.2, 0.25) is 0 Å². The van der Waals surface area contributed by atoms with Crippen LogP contribution in [-0.4, -0.2) is 34.4 Å². The zero-order valence-corrected chi connectivity index (χ0v) is 19.9. The minimum Gasteiger partial charge on any atom is -0.453 e. The number of fused-ring (bicyclic) bond motifs is 1.